The lowest BCUT2D eigenvalue weighted by atomic mass is 10.0. The van der Waals surface area contributed by atoms with Crippen LogP contribution >= 0.6 is 11.8 Å². The van der Waals surface area contributed by atoms with E-state index in [1.807, 2.05) is 38.1 Å². The van der Waals surface area contributed by atoms with Crippen LogP contribution in [0.3, 0.4) is 0 Å². The number of benzene rings is 1. The molecular formula is C20H23N3O3S. The molecule has 6 nitrogen and oxygen atoms in total. The van der Waals surface area contributed by atoms with Crippen molar-refractivity contribution in [3.63, 3.8) is 0 Å². The van der Waals surface area contributed by atoms with Gasteiger partial charge in [-0.1, -0.05) is 26.0 Å². The quantitative estimate of drug-likeness (QED) is 0.615. The molecule has 0 spiro atoms. The number of carbonyl (C=O) groups is 1. The number of hydrogen-bond donors (Lipinski definition) is 1. The van der Waals surface area contributed by atoms with Gasteiger partial charge in [0.15, 0.2) is 5.65 Å². The lowest BCUT2D eigenvalue weighted by Crippen LogP contribution is -2.21. The van der Waals surface area contributed by atoms with Gasteiger partial charge in [0, 0.05) is 28.7 Å². The summed E-state index contributed by atoms with van der Waals surface area (Å²) >= 11 is 1.54. The second-order valence-corrected chi connectivity index (χ2v) is 7.39. The van der Waals surface area contributed by atoms with Crippen LogP contribution in [-0.4, -0.2) is 15.5 Å². The molecule has 0 aliphatic rings. The fourth-order valence-corrected chi connectivity index (χ4v) is 3.79. The van der Waals surface area contributed by atoms with Crippen LogP contribution in [0.4, 0.5) is 5.69 Å². The molecule has 0 radical (unpaired) electrons. The first-order valence-corrected chi connectivity index (χ1v) is 10.0. The molecule has 27 heavy (non-hydrogen) atoms. The number of anilines is 1. The van der Waals surface area contributed by atoms with Crippen molar-refractivity contribution in [3.05, 3.63) is 58.2 Å². The number of carbonyl (C=O) groups excluding carboxylic acids is 1. The molecule has 1 amide bonds. The van der Waals surface area contributed by atoms with Gasteiger partial charge in [0.05, 0.1) is 11.4 Å². The summed E-state index contributed by atoms with van der Waals surface area (Å²) in [5, 5.41) is 3.03. The maximum Gasteiger partial charge on any atom is 0.287 e. The third-order valence-electron chi connectivity index (χ3n) is 4.40. The zero-order valence-electron chi connectivity index (χ0n) is 15.7. The summed E-state index contributed by atoms with van der Waals surface area (Å²) in [4.78, 5) is 30.0. The molecular weight excluding hydrogens is 362 g/mol. The standard InChI is InChI=1S/C20H23N3O3S/c1-4-14(5-2)20(25)22-16-8-6-7-9-17(16)27-12-15-11-19(24)23-18(21-15)10-13(3)26-23/h6-11,14H,4-5,12H2,1-3H3,(H,22,25). The Morgan fingerprint density at radius 2 is 2.00 bits per heavy atom. The molecule has 0 bridgehead atoms. The number of para-hydroxylation sites is 1. The van der Waals surface area contributed by atoms with Crippen LogP contribution in [-0.2, 0) is 10.5 Å². The third-order valence-corrected chi connectivity index (χ3v) is 5.51. The Labute approximate surface area is 161 Å². The zero-order chi connectivity index (χ0) is 19.4. The second kappa shape index (κ2) is 8.43. The number of rotatable bonds is 7. The van der Waals surface area contributed by atoms with Crippen LogP contribution in [0, 0.1) is 12.8 Å². The molecule has 1 aromatic carbocycles. The Balaban J connectivity index is 1.77. The van der Waals surface area contributed by atoms with Gasteiger partial charge in [0.2, 0.25) is 5.91 Å². The Hall–Kier alpha value is -2.54. The lowest BCUT2D eigenvalue weighted by Gasteiger charge is -2.15. The van der Waals surface area contributed by atoms with Gasteiger partial charge in [0.25, 0.3) is 5.56 Å². The minimum atomic E-state index is -0.237. The average molecular weight is 385 g/mol. The van der Waals surface area contributed by atoms with Crippen LogP contribution in [0.2, 0.25) is 0 Å². The molecule has 0 fully saturated rings. The Morgan fingerprint density at radius 1 is 1.26 bits per heavy atom. The van der Waals surface area contributed by atoms with E-state index in [0.29, 0.717) is 22.9 Å². The maximum absolute atomic E-state index is 12.4. The van der Waals surface area contributed by atoms with E-state index in [1.165, 1.54) is 22.4 Å². The van der Waals surface area contributed by atoms with Crippen molar-refractivity contribution in [1.29, 1.82) is 0 Å². The van der Waals surface area contributed by atoms with Crippen molar-refractivity contribution in [2.24, 2.45) is 5.92 Å². The molecule has 142 valence electrons. The van der Waals surface area contributed by atoms with Gasteiger partial charge in [-0.15, -0.1) is 16.3 Å². The van der Waals surface area contributed by atoms with Crippen molar-refractivity contribution in [1.82, 2.24) is 9.56 Å². The van der Waals surface area contributed by atoms with Gasteiger partial charge in [-0.3, -0.25) is 9.59 Å². The molecule has 0 unspecified atom stereocenters. The molecule has 1 N–H and O–H groups in total. The van der Waals surface area contributed by atoms with E-state index in [0.717, 1.165) is 23.4 Å². The van der Waals surface area contributed by atoms with E-state index in [1.54, 1.807) is 13.0 Å². The fourth-order valence-electron chi connectivity index (χ4n) is 2.89. The Kier molecular flexibility index (Phi) is 6.01. The molecule has 0 aliphatic heterocycles. The number of nitrogens with one attached hydrogen (secondary N) is 1. The summed E-state index contributed by atoms with van der Waals surface area (Å²) in [5.41, 5.74) is 1.73. The van der Waals surface area contributed by atoms with Gasteiger partial charge < -0.3 is 9.84 Å². The van der Waals surface area contributed by atoms with Gasteiger partial charge in [0.1, 0.15) is 5.76 Å². The zero-order valence-corrected chi connectivity index (χ0v) is 16.5. The minimum Gasteiger partial charge on any atom is -0.375 e. The molecule has 0 atom stereocenters. The average Bonchev–Trinajstić information content (AvgIpc) is 3.03. The van der Waals surface area contributed by atoms with Crippen LogP contribution in [0.25, 0.3) is 5.65 Å². The molecule has 2 aromatic heterocycles. The highest BCUT2D eigenvalue weighted by atomic mass is 32.2. The topological polar surface area (TPSA) is 76.6 Å². The van der Waals surface area contributed by atoms with Crippen molar-refractivity contribution < 1.29 is 9.32 Å². The van der Waals surface area contributed by atoms with E-state index in [9.17, 15) is 9.59 Å². The van der Waals surface area contributed by atoms with Crippen LogP contribution in [0.15, 0.2) is 50.6 Å². The summed E-state index contributed by atoms with van der Waals surface area (Å²) in [5.74, 6) is 1.21. The SMILES string of the molecule is CCC(CC)C(=O)Nc1ccccc1SCc1cc(=O)n2oc(C)cc2n1. The highest BCUT2D eigenvalue weighted by Crippen LogP contribution is 2.30. The van der Waals surface area contributed by atoms with Gasteiger partial charge >= 0.3 is 0 Å². The lowest BCUT2D eigenvalue weighted by molar-refractivity contribution is -0.120. The number of nitrogens with zero attached hydrogens (tertiary/aromatic N) is 2. The third kappa shape index (κ3) is 4.42. The molecule has 0 saturated carbocycles. The second-order valence-electron chi connectivity index (χ2n) is 6.37. The highest BCUT2D eigenvalue weighted by Gasteiger charge is 2.16. The first-order valence-electron chi connectivity index (χ1n) is 9.04. The van der Waals surface area contributed by atoms with Crippen molar-refractivity contribution in [2.45, 2.75) is 44.3 Å². The van der Waals surface area contributed by atoms with E-state index in [2.05, 4.69) is 10.3 Å². The first kappa shape index (κ1) is 19.2. The number of amides is 1. The van der Waals surface area contributed by atoms with Gasteiger partial charge in [-0.2, -0.15) is 0 Å². The molecule has 0 aliphatic carbocycles. The number of hydrogen-bond acceptors (Lipinski definition) is 5. The Morgan fingerprint density at radius 3 is 2.74 bits per heavy atom. The summed E-state index contributed by atoms with van der Waals surface area (Å²) < 4.78 is 6.50. The smallest absolute Gasteiger partial charge is 0.287 e. The van der Waals surface area contributed by atoms with Gasteiger partial charge in [-0.25, -0.2) is 4.98 Å². The van der Waals surface area contributed by atoms with E-state index in [4.69, 9.17) is 4.52 Å². The predicted molar refractivity (Wildman–Crippen MR) is 107 cm³/mol. The first-order chi connectivity index (χ1) is 13.0. The molecule has 3 aromatic rings. The van der Waals surface area contributed by atoms with E-state index < -0.39 is 0 Å². The maximum atomic E-state index is 12.4. The van der Waals surface area contributed by atoms with E-state index in [-0.39, 0.29) is 17.4 Å². The number of fused-ring (bicyclic) bond motifs is 1. The van der Waals surface area contributed by atoms with Crippen LogP contribution in [0.5, 0.6) is 0 Å². The molecule has 0 saturated heterocycles. The molecule has 3 rings (SSSR count). The monoisotopic (exact) mass is 385 g/mol. The van der Waals surface area contributed by atoms with Gasteiger partial charge in [-0.05, 0) is 31.9 Å². The summed E-state index contributed by atoms with van der Waals surface area (Å²) in [6.45, 7) is 5.82. The fraction of sp³-hybridized carbons (Fsp3) is 0.350. The van der Waals surface area contributed by atoms with Crippen molar-refractivity contribution in [2.75, 3.05) is 5.32 Å². The normalized spacial score (nSPS) is 11.3. The number of aryl methyl sites for hydroxylation is 1. The number of thioether (sulfide) groups is 1. The Bertz CT molecular complexity index is 1010. The molecule has 2 heterocycles. The van der Waals surface area contributed by atoms with Crippen LogP contribution < -0.4 is 10.9 Å². The van der Waals surface area contributed by atoms with Crippen molar-refractivity contribution >= 4 is 29.0 Å². The summed E-state index contributed by atoms with van der Waals surface area (Å²) in [7, 11) is 0. The minimum absolute atomic E-state index is 0.0107. The van der Waals surface area contributed by atoms with Crippen LogP contribution in [0.1, 0.15) is 38.1 Å². The largest absolute Gasteiger partial charge is 0.375 e. The predicted octanol–water partition coefficient (Wildman–Crippen LogP) is 4.26. The summed E-state index contributed by atoms with van der Waals surface area (Å²) in [6.07, 6.45) is 1.63. The number of aromatic nitrogens is 2. The molecule has 7 heteroatoms. The van der Waals surface area contributed by atoms with E-state index >= 15 is 0 Å². The van der Waals surface area contributed by atoms with Crippen molar-refractivity contribution in [3.8, 4) is 0 Å². The summed E-state index contributed by atoms with van der Waals surface area (Å²) in [6, 6.07) is 10.9. The highest BCUT2D eigenvalue weighted by molar-refractivity contribution is 7.98.